The molecule has 2 nitrogen and oxygen atoms in total. The van der Waals surface area contributed by atoms with Crippen LogP contribution in [0.25, 0.3) is 0 Å². The Balaban J connectivity index is 3.29. The number of nitrogens with zero attached hydrogens (tertiary/aromatic N) is 2. The third-order valence-corrected chi connectivity index (χ3v) is 1.87. The van der Waals surface area contributed by atoms with Gasteiger partial charge in [-0.15, -0.1) is 0 Å². The number of rotatable bonds is 0. The van der Waals surface area contributed by atoms with Crippen molar-refractivity contribution in [2.24, 2.45) is 0 Å². The van der Waals surface area contributed by atoms with Gasteiger partial charge in [0.1, 0.15) is 11.8 Å². The van der Waals surface area contributed by atoms with E-state index in [2.05, 4.69) is 20.9 Å². The van der Waals surface area contributed by atoms with Gasteiger partial charge in [0.05, 0.1) is 0 Å². The largest absolute Gasteiger partial charge is 0.434 e. The molecule has 1 rings (SSSR count). The molecule has 0 fully saturated rings. The SMILES string of the molecule is N#Cc1ccc(Br)c(C(F)(F)F)n1. The monoisotopic (exact) mass is 250 g/mol. The standard InChI is InChI=1S/C7H2BrF3N2/c8-5-2-1-4(3-12)13-6(5)7(9,10)11/h1-2H. The van der Waals surface area contributed by atoms with Crippen LogP contribution in [0.1, 0.15) is 11.4 Å². The van der Waals surface area contributed by atoms with Gasteiger partial charge in [-0.2, -0.15) is 18.4 Å². The van der Waals surface area contributed by atoms with Crippen molar-refractivity contribution in [1.82, 2.24) is 4.98 Å². The first kappa shape index (κ1) is 9.99. The number of hydrogen-bond acceptors (Lipinski definition) is 2. The van der Waals surface area contributed by atoms with Gasteiger partial charge in [0, 0.05) is 4.47 Å². The van der Waals surface area contributed by atoms with Crippen LogP contribution in [0.4, 0.5) is 13.2 Å². The van der Waals surface area contributed by atoms with Crippen LogP contribution in [-0.4, -0.2) is 4.98 Å². The Kier molecular flexibility index (Phi) is 2.57. The zero-order valence-electron chi connectivity index (χ0n) is 6.06. The second-order valence-electron chi connectivity index (χ2n) is 2.14. The van der Waals surface area contributed by atoms with E-state index >= 15 is 0 Å². The lowest BCUT2D eigenvalue weighted by molar-refractivity contribution is -0.141. The Bertz CT molecular complexity index is 367. The highest BCUT2D eigenvalue weighted by molar-refractivity contribution is 9.10. The van der Waals surface area contributed by atoms with Crippen molar-refractivity contribution in [3.8, 4) is 6.07 Å². The van der Waals surface area contributed by atoms with E-state index in [9.17, 15) is 13.2 Å². The molecule has 0 radical (unpaired) electrons. The summed E-state index contributed by atoms with van der Waals surface area (Å²) in [6.07, 6.45) is -4.54. The van der Waals surface area contributed by atoms with E-state index in [0.717, 1.165) is 6.07 Å². The van der Waals surface area contributed by atoms with Crippen molar-refractivity contribution >= 4 is 15.9 Å². The first-order valence-electron chi connectivity index (χ1n) is 3.09. The van der Waals surface area contributed by atoms with Crippen molar-refractivity contribution in [2.45, 2.75) is 6.18 Å². The molecule has 0 aliphatic carbocycles. The molecule has 0 saturated heterocycles. The molecule has 0 bridgehead atoms. The average Bonchev–Trinajstić information content (AvgIpc) is 2.03. The highest BCUT2D eigenvalue weighted by Gasteiger charge is 2.35. The predicted molar refractivity (Wildman–Crippen MR) is 41.7 cm³/mol. The second kappa shape index (κ2) is 3.34. The fourth-order valence-electron chi connectivity index (χ4n) is 0.703. The van der Waals surface area contributed by atoms with Gasteiger partial charge in [-0.3, -0.25) is 0 Å². The van der Waals surface area contributed by atoms with Crippen LogP contribution in [0, 0.1) is 11.3 Å². The van der Waals surface area contributed by atoms with Crippen LogP contribution >= 0.6 is 15.9 Å². The smallest absolute Gasteiger partial charge is 0.231 e. The molecule has 0 atom stereocenters. The zero-order valence-corrected chi connectivity index (χ0v) is 7.65. The summed E-state index contributed by atoms with van der Waals surface area (Å²) in [4.78, 5) is 3.13. The minimum atomic E-state index is -4.54. The Labute approximate surface area is 80.1 Å². The fourth-order valence-corrected chi connectivity index (χ4v) is 1.15. The quantitative estimate of drug-likeness (QED) is 0.710. The summed E-state index contributed by atoms with van der Waals surface area (Å²) in [5, 5.41) is 8.32. The summed E-state index contributed by atoms with van der Waals surface area (Å²) < 4.78 is 36.3. The summed E-state index contributed by atoms with van der Waals surface area (Å²) in [5.41, 5.74) is -1.33. The van der Waals surface area contributed by atoms with Crippen molar-refractivity contribution < 1.29 is 13.2 Å². The van der Waals surface area contributed by atoms with Crippen LogP contribution in [0.15, 0.2) is 16.6 Å². The van der Waals surface area contributed by atoms with Crippen molar-refractivity contribution in [3.63, 3.8) is 0 Å². The third kappa shape index (κ3) is 2.18. The van der Waals surface area contributed by atoms with Gasteiger partial charge in [-0.25, -0.2) is 4.98 Å². The molecule has 0 amide bonds. The maximum absolute atomic E-state index is 12.2. The molecular weight excluding hydrogens is 249 g/mol. The molecule has 6 heteroatoms. The molecule has 0 N–H and O–H groups in total. The molecular formula is C7H2BrF3N2. The third-order valence-electron chi connectivity index (χ3n) is 1.23. The van der Waals surface area contributed by atoms with Crippen LogP contribution in [0.3, 0.4) is 0 Å². The first-order valence-corrected chi connectivity index (χ1v) is 3.88. The second-order valence-corrected chi connectivity index (χ2v) is 2.99. The zero-order chi connectivity index (χ0) is 10.1. The van der Waals surface area contributed by atoms with Crippen molar-refractivity contribution in [3.05, 3.63) is 28.0 Å². The van der Waals surface area contributed by atoms with E-state index in [1.54, 1.807) is 0 Å². The van der Waals surface area contributed by atoms with E-state index in [-0.39, 0.29) is 10.2 Å². The van der Waals surface area contributed by atoms with E-state index in [0.29, 0.717) is 0 Å². The fraction of sp³-hybridized carbons (Fsp3) is 0.143. The van der Waals surface area contributed by atoms with Gasteiger partial charge in [0.15, 0.2) is 5.69 Å². The Morgan fingerprint density at radius 3 is 2.46 bits per heavy atom. The van der Waals surface area contributed by atoms with Crippen molar-refractivity contribution in [2.75, 3.05) is 0 Å². The van der Waals surface area contributed by atoms with E-state index in [1.165, 1.54) is 12.1 Å². The van der Waals surface area contributed by atoms with Crippen molar-refractivity contribution in [1.29, 1.82) is 5.26 Å². The summed E-state index contributed by atoms with van der Waals surface area (Å²) in [6.45, 7) is 0. The lowest BCUT2D eigenvalue weighted by atomic mass is 10.3. The summed E-state index contributed by atoms with van der Waals surface area (Å²) in [5.74, 6) is 0. The number of halogens is 4. The molecule has 68 valence electrons. The molecule has 0 aliphatic heterocycles. The normalized spacial score (nSPS) is 11.0. The summed E-state index contributed by atoms with van der Waals surface area (Å²) in [6, 6.07) is 3.89. The molecule has 1 heterocycles. The molecule has 1 aromatic rings. The van der Waals surface area contributed by atoms with Gasteiger partial charge in [0.2, 0.25) is 0 Å². The maximum atomic E-state index is 12.2. The number of nitriles is 1. The van der Waals surface area contributed by atoms with E-state index < -0.39 is 11.9 Å². The number of hydrogen-bond donors (Lipinski definition) is 0. The minimum Gasteiger partial charge on any atom is -0.231 e. The first-order chi connectivity index (χ1) is 5.95. The molecule has 0 aromatic carbocycles. The van der Waals surface area contributed by atoms with E-state index in [1.807, 2.05) is 0 Å². The topological polar surface area (TPSA) is 36.7 Å². The maximum Gasteiger partial charge on any atom is 0.434 e. The molecule has 1 aromatic heterocycles. The highest BCUT2D eigenvalue weighted by Crippen LogP contribution is 2.32. The average molecular weight is 251 g/mol. The number of aromatic nitrogens is 1. The molecule has 0 unspecified atom stereocenters. The van der Waals surface area contributed by atoms with Gasteiger partial charge in [0.25, 0.3) is 0 Å². The molecule has 0 spiro atoms. The van der Waals surface area contributed by atoms with Gasteiger partial charge >= 0.3 is 6.18 Å². The Morgan fingerprint density at radius 1 is 1.38 bits per heavy atom. The van der Waals surface area contributed by atoms with Gasteiger partial charge < -0.3 is 0 Å². The molecule has 0 aliphatic rings. The van der Waals surface area contributed by atoms with E-state index in [4.69, 9.17) is 5.26 Å². The number of alkyl halides is 3. The lowest BCUT2D eigenvalue weighted by Gasteiger charge is -2.06. The van der Waals surface area contributed by atoms with Crippen LogP contribution < -0.4 is 0 Å². The Hall–Kier alpha value is -1.09. The minimum absolute atomic E-state index is 0.168. The van der Waals surface area contributed by atoms with Gasteiger partial charge in [-0.05, 0) is 28.1 Å². The van der Waals surface area contributed by atoms with Gasteiger partial charge in [-0.1, -0.05) is 0 Å². The molecule has 13 heavy (non-hydrogen) atoms. The molecule has 0 saturated carbocycles. The lowest BCUT2D eigenvalue weighted by Crippen LogP contribution is -2.09. The van der Waals surface area contributed by atoms with Crippen LogP contribution in [-0.2, 0) is 6.18 Å². The highest BCUT2D eigenvalue weighted by atomic mass is 79.9. The predicted octanol–water partition coefficient (Wildman–Crippen LogP) is 2.73. The van der Waals surface area contributed by atoms with Crippen LogP contribution in [0.2, 0.25) is 0 Å². The number of pyridine rings is 1. The summed E-state index contributed by atoms with van der Waals surface area (Å²) in [7, 11) is 0. The summed E-state index contributed by atoms with van der Waals surface area (Å²) >= 11 is 2.70. The Morgan fingerprint density at radius 2 is 2.00 bits per heavy atom. The van der Waals surface area contributed by atoms with Crippen LogP contribution in [0.5, 0.6) is 0 Å².